The summed E-state index contributed by atoms with van der Waals surface area (Å²) in [5.74, 6) is -2.74. The van der Waals surface area contributed by atoms with Crippen molar-refractivity contribution in [1.29, 1.82) is 0 Å². The van der Waals surface area contributed by atoms with Gasteiger partial charge in [-0.3, -0.25) is 9.59 Å². The van der Waals surface area contributed by atoms with E-state index in [1.807, 2.05) is 0 Å². The molecule has 0 spiro atoms. The first-order chi connectivity index (χ1) is 16.3. The minimum atomic E-state index is -0.956. The maximum absolute atomic E-state index is 15.4. The molecule has 2 aromatic carbocycles. The van der Waals surface area contributed by atoms with Gasteiger partial charge in [0.05, 0.1) is 10.7 Å². The smallest absolute Gasteiger partial charge is 0.264 e. The average molecular weight is 551 g/mol. The van der Waals surface area contributed by atoms with E-state index in [-0.39, 0.29) is 34.8 Å². The van der Waals surface area contributed by atoms with Crippen LogP contribution in [0.15, 0.2) is 50.5 Å². The molecule has 1 aromatic heterocycles. The summed E-state index contributed by atoms with van der Waals surface area (Å²) in [5.41, 5.74) is 1.01. The summed E-state index contributed by atoms with van der Waals surface area (Å²) in [6, 6.07) is 6.74. The fourth-order valence-corrected chi connectivity index (χ4v) is 4.70. The van der Waals surface area contributed by atoms with E-state index in [2.05, 4.69) is 26.1 Å². The molecule has 0 saturated carbocycles. The van der Waals surface area contributed by atoms with Gasteiger partial charge in [0.15, 0.2) is 18.2 Å². The van der Waals surface area contributed by atoms with E-state index in [4.69, 9.17) is 20.9 Å². The van der Waals surface area contributed by atoms with Gasteiger partial charge in [0, 0.05) is 21.2 Å². The highest BCUT2D eigenvalue weighted by Gasteiger charge is 2.41. The number of anilines is 1. The number of carbonyl (C=O) groups is 2. The van der Waals surface area contributed by atoms with Crippen molar-refractivity contribution in [2.75, 3.05) is 4.90 Å². The summed E-state index contributed by atoms with van der Waals surface area (Å²) < 4.78 is 40.1. The molecule has 2 heterocycles. The number of ether oxygens (including phenoxy) is 1. The molecular formula is C23H15BrClF2N3O4. The summed E-state index contributed by atoms with van der Waals surface area (Å²) in [6.07, 6.45) is 2.61. The van der Waals surface area contributed by atoms with Crippen LogP contribution in [0.2, 0.25) is 5.02 Å². The number of amides is 2. The van der Waals surface area contributed by atoms with Gasteiger partial charge in [-0.05, 0) is 56.0 Å². The summed E-state index contributed by atoms with van der Waals surface area (Å²) in [5, 5.41) is 3.72. The molecule has 1 aliphatic heterocycles. The highest BCUT2D eigenvalue weighted by molar-refractivity contribution is 9.10. The van der Waals surface area contributed by atoms with Crippen LogP contribution >= 0.6 is 27.5 Å². The van der Waals surface area contributed by atoms with Crippen molar-refractivity contribution in [3.63, 3.8) is 0 Å². The van der Waals surface area contributed by atoms with Crippen LogP contribution in [-0.4, -0.2) is 22.0 Å². The van der Waals surface area contributed by atoms with Crippen LogP contribution in [-0.2, 0) is 16.2 Å². The average Bonchev–Trinajstić information content (AvgIpc) is 3.37. The molecule has 7 nitrogen and oxygen atoms in total. The molecule has 0 N–H and O–H groups in total. The highest BCUT2D eigenvalue weighted by atomic mass is 79.9. The lowest BCUT2D eigenvalue weighted by molar-refractivity contribution is -0.120. The number of rotatable bonds is 5. The van der Waals surface area contributed by atoms with Gasteiger partial charge in [0.25, 0.3) is 17.7 Å². The monoisotopic (exact) mass is 549 g/mol. The van der Waals surface area contributed by atoms with Gasteiger partial charge in [-0.25, -0.2) is 13.7 Å². The van der Waals surface area contributed by atoms with Crippen molar-refractivity contribution in [2.24, 2.45) is 0 Å². The predicted molar refractivity (Wildman–Crippen MR) is 121 cm³/mol. The Kier molecular flexibility index (Phi) is 5.95. The van der Waals surface area contributed by atoms with Crippen LogP contribution in [0.1, 0.15) is 31.6 Å². The van der Waals surface area contributed by atoms with Gasteiger partial charge >= 0.3 is 0 Å². The third kappa shape index (κ3) is 4.01. The van der Waals surface area contributed by atoms with Gasteiger partial charge in [0.2, 0.25) is 5.82 Å². The second-order valence-electron chi connectivity index (χ2n) is 7.78. The lowest BCUT2D eigenvalue weighted by Gasteiger charge is -2.18. The molecule has 3 aromatic rings. The first-order valence-corrected chi connectivity index (χ1v) is 11.5. The summed E-state index contributed by atoms with van der Waals surface area (Å²) >= 11 is 9.32. The number of carbonyl (C=O) groups excluding carboxylic acids is 2. The van der Waals surface area contributed by atoms with Gasteiger partial charge < -0.3 is 9.26 Å². The quantitative estimate of drug-likeness (QED) is 0.376. The van der Waals surface area contributed by atoms with Crippen molar-refractivity contribution in [2.45, 2.75) is 32.3 Å². The third-order valence-corrected chi connectivity index (χ3v) is 6.34. The molecule has 0 bridgehead atoms. The molecule has 0 saturated heterocycles. The molecule has 174 valence electrons. The molecule has 0 fully saturated rings. The number of aromatic nitrogens is 2. The number of nitrogens with zero attached hydrogens (tertiary/aromatic N) is 3. The lowest BCUT2D eigenvalue weighted by atomic mass is 9.93. The summed E-state index contributed by atoms with van der Waals surface area (Å²) in [7, 11) is 0. The van der Waals surface area contributed by atoms with Gasteiger partial charge in [-0.2, -0.15) is 4.98 Å². The van der Waals surface area contributed by atoms with Crippen molar-refractivity contribution in [3.8, 4) is 17.1 Å². The topological polar surface area (TPSA) is 85.5 Å². The summed E-state index contributed by atoms with van der Waals surface area (Å²) in [6.45, 7) is -0.347. The standard InChI is InChI=1S/C23H15BrClF2N3O4/c24-12-7-11(8-13(26)9-12)21-28-18(34-29-21)10-33-20-16(25)5-6-17(19(20)27)30-22(31)14-3-1-2-4-15(14)23(30)32/h5-9H,1-4,10H2. The first kappa shape index (κ1) is 22.7. The molecule has 0 atom stereocenters. The number of imide groups is 1. The Labute approximate surface area is 205 Å². The van der Waals surface area contributed by atoms with Gasteiger partial charge in [-0.15, -0.1) is 0 Å². The van der Waals surface area contributed by atoms with E-state index >= 15 is 4.39 Å². The van der Waals surface area contributed by atoms with Crippen LogP contribution in [0, 0.1) is 11.6 Å². The van der Waals surface area contributed by atoms with E-state index in [1.54, 1.807) is 6.07 Å². The van der Waals surface area contributed by atoms with E-state index in [0.717, 1.165) is 17.7 Å². The molecule has 11 heteroatoms. The fourth-order valence-electron chi connectivity index (χ4n) is 4.03. The van der Waals surface area contributed by atoms with Crippen LogP contribution < -0.4 is 9.64 Å². The zero-order valence-corrected chi connectivity index (χ0v) is 19.8. The Morgan fingerprint density at radius 3 is 2.47 bits per heavy atom. The van der Waals surface area contributed by atoms with Crippen LogP contribution in [0.4, 0.5) is 14.5 Å². The Bertz CT molecular complexity index is 1330. The fraction of sp³-hybridized carbons (Fsp3) is 0.217. The number of hydrogen-bond acceptors (Lipinski definition) is 6. The zero-order chi connectivity index (χ0) is 24.0. The molecule has 5 rings (SSSR count). The molecular weight excluding hydrogens is 536 g/mol. The molecule has 34 heavy (non-hydrogen) atoms. The van der Waals surface area contributed by atoms with Crippen molar-refractivity contribution >= 4 is 45.0 Å². The minimum Gasteiger partial charge on any atom is -0.479 e. The SMILES string of the molecule is O=C1C2=C(CCCC2)C(=O)N1c1ccc(Cl)c(OCc2nc(-c3cc(F)cc(Br)c3)no2)c1F. The second kappa shape index (κ2) is 8.92. The van der Waals surface area contributed by atoms with Crippen molar-refractivity contribution < 1.29 is 27.6 Å². The minimum absolute atomic E-state index is 0.0123. The molecule has 0 radical (unpaired) electrons. The van der Waals surface area contributed by atoms with Crippen LogP contribution in [0.5, 0.6) is 5.75 Å². The van der Waals surface area contributed by atoms with Crippen molar-refractivity contribution in [3.05, 3.63) is 68.5 Å². The first-order valence-electron chi connectivity index (χ1n) is 10.3. The molecule has 1 aliphatic carbocycles. The van der Waals surface area contributed by atoms with Gasteiger partial charge in [-0.1, -0.05) is 32.7 Å². The lowest BCUT2D eigenvalue weighted by Crippen LogP contribution is -2.32. The van der Waals surface area contributed by atoms with E-state index in [1.165, 1.54) is 24.3 Å². The Balaban J connectivity index is 1.38. The Morgan fingerprint density at radius 2 is 1.79 bits per heavy atom. The summed E-state index contributed by atoms with van der Waals surface area (Å²) in [4.78, 5) is 30.6. The molecule has 2 aliphatic rings. The maximum atomic E-state index is 15.4. The Hall–Kier alpha value is -3.11. The maximum Gasteiger partial charge on any atom is 0.264 e. The van der Waals surface area contributed by atoms with Crippen molar-refractivity contribution in [1.82, 2.24) is 10.1 Å². The zero-order valence-electron chi connectivity index (χ0n) is 17.4. The van der Waals surface area contributed by atoms with Gasteiger partial charge in [0.1, 0.15) is 5.82 Å². The number of hydrogen-bond donors (Lipinski definition) is 0. The van der Waals surface area contributed by atoms with E-state index in [9.17, 15) is 14.0 Å². The molecule has 0 unspecified atom stereocenters. The number of halogens is 4. The van der Waals surface area contributed by atoms with E-state index in [0.29, 0.717) is 34.0 Å². The highest BCUT2D eigenvalue weighted by Crippen LogP contribution is 2.40. The predicted octanol–water partition coefficient (Wildman–Crippen LogP) is 5.75. The van der Waals surface area contributed by atoms with Crippen LogP contribution in [0.25, 0.3) is 11.4 Å². The largest absolute Gasteiger partial charge is 0.479 e. The Morgan fingerprint density at radius 1 is 1.09 bits per heavy atom. The van der Waals surface area contributed by atoms with E-state index < -0.39 is 23.4 Å². The van der Waals surface area contributed by atoms with Crippen LogP contribution in [0.3, 0.4) is 0 Å². The third-order valence-electron chi connectivity index (χ3n) is 5.59. The number of benzene rings is 2. The molecule has 2 amide bonds. The second-order valence-corrected chi connectivity index (χ2v) is 9.10. The normalized spacial score (nSPS) is 15.8.